The van der Waals surface area contributed by atoms with E-state index in [9.17, 15) is 10.1 Å². The van der Waals surface area contributed by atoms with Crippen molar-refractivity contribution in [2.45, 2.75) is 26.7 Å². The van der Waals surface area contributed by atoms with Crippen molar-refractivity contribution in [3.63, 3.8) is 0 Å². The predicted octanol–water partition coefficient (Wildman–Crippen LogP) is 3.01. The fourth-order valence-electron chi connectivity index (χ4n) is 2.52. The highest BCUT2D eigenvalue weighted by Gasteiger charge is 2.22. The molecule has 1 fully saturated rings. The molecule has 0 amide bonds. The largest absolute Gasteiger partial charge is 0.371 e. The second-order valence-corrected chi connectivity index (χ2v) is 5.18. The summed E-state index contributed by atoms with van der Waals surface area (Å²) in [6, 6.07) is 5.12. The molecule has 0 saturated carbocycles. The molecule has 1 aliphatic rings. The average molecular weight is 259 g/mol. The van der Waals surface area contributed by atoms with Gasteiger partial charge in [0.1, 0.15) is 0 Å². The topological polar surface area (TPSA) is 70.2 Å². The summed E-state index contributed by atoms with van der Waals surface area (Å²) in [6.07, 6.45) is 2.17. The van der Waals surface area contributed by atoms with Crippen LogP contribution >= 0.6 is 0 Å². The first-order valence-corrected chi connectivity index (χ1v) is 6.47. The molecule has 0 spiro atoms. The Morgan fingerprint density at radius 3 is 2.58 bits per heavy atom. The lowest BCUT2D eigenvalue weighted by Crippen LogP contribution is -2.33. The number of rotatable bonds is 2. The number of nitrogens with zero attached hydrogens (tertiary/aromatic N) is 3. The molecule has 1 aliphatic heterocycles. The van der Waals surface area contributed by atoms with Gasteiger partial charge in [0.05, 0.1) is 22.1 Å². The summed E-state index contributed by atoms with van der Waals surface area (Å²) < 4.78 is 0. The molecule has 5 nitrogen and oxygen atoms in total. The zero-order chi connectivity index (χ0) is 14.0. The van der Waals surface area contributed by atoms with E-state index in [4.69, 9.17) is 5.26 Å². The number of hydrogen-bond acceptors (Lipinski definition) is 4. The van der Waals surface area contributed by atoms with Gasteiger partial charge in [-0.05, 0) is 31.7 Å². The van der Waals surface area contributed by atoms with Crippen LogP contribution in [-0.2, 0) is 0 Å². The SMILES string of the molecule is Cc1c(N2CCC(C)CC2)cc(C#N)cc1[N+](=O)[O-]. The van der Waals surface area contributed by atoms with Crippen molar-refractivity contribution in [1.29, 1.82) is 5.26 Å². The van der Waals surface area contributed by atoms with E-state index in [1.807, 2.05) is 6.07 Å². The van der Waals surface area contributed by atoms with Crippen LogP contribution in [0.5, 0.6) is 0 Å². The van der Waals surface area contributed by atoms with Crippen LogP contribution in [-0.4, -0.2) is 18.0 Å². The fraction of sp³-hybridized carbons (Fsp3) is 0.500. The zero-order valence-corrected chi connectivity index (χ0v) is 11.2. The average Bonchev–Trinajstić information content (AvgIpc) is 2.40. The quantitative estimate of drug-likeness (QED) is 0.604. The summed E-state index contributed by atoms with van der Waals surface area (Å²) in [5, 5.41) is 20.1. The maximum Gasteiger partial charge on any atom is 0.275 e. The zero-order valence-electron chi connectivity index (χ0n) is 11.2. The molecular formula is C14H17N3O2. The van der Waals surface area contributed by atoms with Crippen molar-refractivity contribution in [2.75, 3.05) is 18.0 Å². The molecule has 0 radical (unpaired) electrons. The summed E-state index contributed by atoms with van der Waals surface area (Å²) in [6.45, 7) is 5.77. The van der Waals surface area contributed by atoms with Crippen LogP contribution in [0.25, 0.3) is 0 Å². The Hall–Kier alpha value is -2.09. The minimum absolute atomic E-state index is 0.0349. The van der Waals surface area contributed by atoms with Gasteiger partial charge in [0.25, 0.3) is 5.69 Å². The normalized spacial score (nSPS) is 16.2. The van der Waals surface area contributed by atoms with E-state index in [2.05, 4.69) is 11.8 Å². The van der Waals surface area contributed by atoms with Gasteiger partial charge in [0.2, 0.25) is 0 Å². The van der Waals surface area contributed by atoms with Crippen LogP contribution in [0.1, 0.15) is 30.9 Å². The van der Waals surface area contributed by atoms with Gasteiger partial charge < -0.3 is 4.90 Å². The van der Waals surface area contributed by atoms with Gasteiger partial charge in [-0.25, -0.2) is 0 Å². The van der Waals surface area contributed by atoms with E-state index in [-0.39, 0.29) is 5.69 Å². The van der Waals surface area contributed by atoms with Gasteiger partial charge >= 0.3 is 0 Å². The number of nitriles is 1. The number of anilines is 1. The van der Waals surface area contributed by atoms with Gasteiger partial charge in [0, 0.05) is 24.8 Å². The van der Waals surface area contributed by atoms with Gasteiger partial charge in [-0.3, -0.25) is 10.1 Å². The Kier molecular flexibility index (Phi) is 3.70. The van der Waals surface area contributed by atoms with Crippen molar-refractivity contribution in [3.05, 3.63) is 33.4 Å². The lowest BCUT2D eigenvalue weighted by molar-refractivity contribution is -0.385. The van der Waals surface area contributed by atoms with E-state index in [0.29, 0.717) is 17.0 Å². The summed E-state index contributed by atoms with van der Waals surface area (Å²) in [4.78, 5) is 12.8. The highest BCUT2D eigenvalue weighted by Crippen LogP contribution is 2.32. The first-order chi connectivity index (χ1) is 9.02. The van der Waals surface area contributed by atoms with Crippen molar-refractivity contribution in [3.8, 4) is 6.07 Å². The predicted molar refractivity (Wildman–Crippen MR) is 73.2 cm³/mol. The minimum atomic E-state index is -0.410. The van der Waals surface area contributed by atoms with Crippen LogP contribution in [0.15, 0.2) is 12.1 Å². The van der Waals surface area contributed by atoms with E-state index < -0.39 is 4.92 Å². The third-order valence-electron chi connectivity index (χ3n) is 3.80. The molecule has 0 aliphatic carbocycles. The molecule has 19 heavy (non-hydrogen) atoms. The van der Waals surface area contributed by atoms with Crippen molar-refractivity contribution in [2.24, 2.45) is 5.92 Å². The summed E-state index contributed by atoms with van der Waals surface area (Å²) >= 11 is 0. The first-order valence-electron chi connectivity index (χ1n) is 6.47. The Balaban J connectivity index is 2.42. The molecule has 5 heteroatoms. The number of nitro benzene ring substituents is 1. The molecule has 0 atom stereocenters. The smallest absolute Gasteiger partial charge is 0.275 e. The Morgan fingerprint density at radius 2 is 2.05 bits per heavy atom. The van der Waals surface area contributed by atoms with Crippen molar-refractivity contribution >= 4 is 11.4 Å². The molecule has 0 aromatic heterocycles. The number of benzene rings is 1. The van der Waals surface area contributed by atoms with E-state index in [0.717, 1.165) is 31.6 Å². The fourth-order valence-corrected chi connectivity index (χ4v) is 2.52. The molecule has 100 valence electrons. The molecule has 1 aromatic carbocycles. The standard InChI is InChI=1S/C14H17N3O2/c1-10-3-5-16(6-4-10)13-7-12(9-15)8-14(11(13)2)17(18)19/h7-8,10H,3-6H2,1-2H3. The molecule has 1 heterocycles. The van der Waals surface area contributed by atoms with Gasteiger partial charge in [-0.1, -0.05) is 6.92 Å². The maximum absolute atomic E-state index is 11.1. The lowest BCUT2D eigenvalue weighted by atomic mass is 9.97. The van der Waals surface area contributed by atoms with Crippen LogP contribution in [0.2, 0.25) is 0 Å². The molecular weight excluding hydrogens is 242 g/mol. The first kappa shape index (κ1) is 13.3. The van der Waals surface area contributed by atoms with E-state index >= 15 is 0 Å². The molecule has 2 rings (SSSR count). The number of nitro groups is 1. The third kappa shape index (κ3) is 2.68. The second-order valence-electron chi connectivity index (χ2n) is 5.18. The highest BCUT2D eigenvalue weighted by molar-refractivity contribution is 5.65. The summed E-state index contributed by atoms with van der Waals surface area (Å²) in [5.41, 5.74) is 1.87. The Morgan fingerprint density at radius 1 is 1.42 bits per heavy atom. The van der Waals surface area contributed by atoms with Crippen LogP contribution in [0.3, 0.4) is 0 Å². The lowest BCUT2D eigenvalue weighted by Gasteiger charge is -2.33. The molecule has 1 aromatic rings. The molecule has 0 N–H and O–H groups in total. The minimum Gasteiger partial charge on any atom is -0.371 e. The Labute approximate surface area is 112 Å². The van der Waals surface area contributed by atoms with Gasteiger partial charge in [-0.15, -0.1) is 0 Å². The highest BCUT2D eigenvalue weighted by atomic mass is 16.6. The monoisotopic (exact) mass is 259 g/mol. The summed E-state index contributed by atoms with van der Waals surface area (Å²) in [5.74, 6) is 0.700. The van der Waals surface area contributed by atoms with E-state index in [1.54, 1.807) is 13.0 Å². The van der Waals surface area contributed by atoms with Gasteiger partial charge in [-0.2, -0.15) is 5.26 Å². The Bertz CT molecular complexity index is 540. The number of hydrogen-bond donors (Lipinski definition) is 0. The third-order valence-corrected chi connectivity index (χ3v) is 3.80. The van der Waals surface area contributed by atoms with Crippen molar-refractivity contribution < 1.29 is 4.92 Å². The molecule has 0 bridgehead atoms. The van der Waals surface area contributed by atoms with Crippen LogP contribution < -0.4 is 4.90 Å². The van der Waals surface area contributed by atoms with Crippen LogP contribution in [0, 0.1) is 34.3 Å². The van der Waals surface area contributed by atoms with E-state index in [1.165, 1.54) is 6.07 Å². The van der Waals surface area contributed by atoms with Crippen LogP contribution in [0.4, 0.5) is 11.4 Å². The second kappa shape index (κ2) is 5.27. The van der Waals surface area contributed by atoms with Gasteiger partial charge in [0.15, 0.2) is 0 Å². The molecule has 0 unspecified atom stereocenters. The summed E-state index contributed by atoms with van der Waals surface area (Å²) in [7, 11) is 0. The molecule has 1 saturated heterocycles. The van der Waals surface area contributed by atoms with Crippen molar-refractivity contribution in [1.82, 2.24) is 0 Å². The maximum atomic E-state index is 11.1. The number of piperidine rings is 1.